The van der Waals surface area contributed by atoms with Crippen molar-refractivity contribution >= 4 is 0 Å². The van der Waals surface area contributed by atoms with Crippen LogP contribution in [0.25, 0.3) is 0 Å². The predicted molar refractivity (Wildman–Crippen MR) is 59.3 cm³/mol. The van der Waals surface area contributed by atoms with E-state index in [2.05, 4.69) is 5.32 Å². The Kier molecular flexibility index (Phi) is 3.29. The highest BCUT2D eigenvalue weighted by Gasteiger charge is 2.18. The minimum atomic E-state index is -0.365. The highest BCUT2D eigenvalue weighted by molar-refractivity contribution is 5.46. The van der Waals surface area contributed by atoms with Crippen molar-refractivity contribution in [3.8, 4) is 11.5 Å². The summed E-state index contributed by atoms with van der Waals surface area (Å²) in [5.74, 6) is 0.379. The molecule has 3 nitrogen and oxygen atoms in total. The van der Waals surface area contributed by atoms with Crippen molar-refractivity contribution in [1.82, 2.24) is 5.32 Å². The van der Waals surface area contributed by atoms with Gasteiger partial charge in [0.25, 0.3) is 0 Å². The molecule has 2 N–H and O–H groups in total. The van der Waals surface area contributed by atoms with Crippen LogP contribution in [0, 0.1) is 11.7 Å². The molecule has 1 fully saturated rings. The van der Waals surface area contributed by atoms with Gasteiger partial charge in [-0.25, -0.2) is 4.39 Å². The van der Waals surface area contributed by atoms with Crippen molar-refractivity contribution in [1.29, 1.82) is 0 Å². The number of rotatable bonds is 3. The van der Waals surface area contributed by atoms with Crippen LogP contribution in [0.2, 0.25) is 0 Å². The Labute approximate surface area is 94.2 Å². The third-order valence-electron chi connectivity index (χ3n) is 3.01. The maximum atomic E-state index is 13.3. The number of phenolic OH excluding ortho intramolecular Hbond substituents is 1. The monoisotopic (exact) mass is 225 g/mol. The highest BCUT2D eigenvalue weighted by atomic mass is 19.1. The topological polar surface area (TPSA) is 41.5 Å². The first-order chi connectivity index (χ1) is 7.70. The summed E-state index contributed by atoms with van der Waals surface area (Å²) in [7, 11) is 1.43. The fraction of sp³-hybridized carbons (Fsp3) is 0.500. The number of ether oxygens (including phenoxy) is 1. The second kappa shape index (κ2) is 4.70. The smallest absolute Gasteiger partial charge is 0.163 e. The Bertz CT molecular complexity index is 376. The van der Waals surface area contributed by atoms with E-state index >= 15 is 0 Å². The molecule has 2 rings (SSSR count). The van der Waals surface area contributed by atoms with Crippen molar-refractivity contribution in [2.75, 3.05) is 20.2 Å². The molecule has 16 heavy (non-hydrogen) atoms. The van der Waals surface area contributed by atoms with E-state index in [0.717, 1.165) is 19.5 Å². The van der Waals surface area contributed by atoms with Gasteiger partial charge in [0.05, 0.1) is 7.11 Å². The van der Waals surface area contributed by atoms with Gasteiger partial charge in [-0.05, 0) is 37.9 Å². The number of hydrogen-bond acceptors (Lipinski definition) is 3. The molecule has 1 aromatic rings. The molecule has 1 heterocycles. The molecule has 1 unspecified atom stereocenters. The van der Waals surface area contributed by atoms with Crippen LogP contribution in [-0.4, -0.2) is 25.3 Å². The minimum absolute atomic E-state index is 0.0656. The zero-order chi connectivity index (χ0) is 11.5. The van der Waals surface area contributed by atoms with Gasteiger partial charge >= 0.3 is 0 Å². The fourth-order valence-electron chi connectivity index (χ4n) is 2.14. The Balaban J connectivity index is 2.21. The van der Waals surface area contributed by atoms with Gasteiger partial charge in [-0.3, -0.25) is 0 Å². The molecule has 0 spiro atoms. The second-order valence-electron chi connectivity index (χ2n) is 4.18. The number of aromatic hydroxyl groups is 1. The molecule has 4 heteroatoms. The van der Waals surface area contributed by atoms with Crippen molar-refractivity contribution in [2.45, 2.75) is 12.8 Å². The molecule has 0 saturated carbocycles. The molecular weight excluding hydrogens is 209 g/mol. The van der Waals surface area contributed by atoms with Crippen LogP contribution in [-0.2, 0) is 6.42 Å². The summed E-state index contributed by atoms with van der Waals surface area (Å²) in [6, 6.07) is 2.59. The lowest BCUT2D eigenvalue weighted by Gasteiger charge is -2.12. The normalized spacial score (nSPS) is 20.0. The van der Waals surface area contributed by atoms with Gasteiger partial charge < -0.3 is 15.2 Å². The lowest BCUT2D eigenvalue weighted by Crippen LogP contribution is -2.11. The summed E-state index contributed by atoms with van der Waals surface area (Å²) < 4.78 is 18.2. The molecule has 1 saturated heterocycles. The molecule has 1 atom stereocenters. The van der Waals surface area contributed by atoms with Crippen LogP contribution >= 0.6 is 0 Å². The summed E-state index contributed by atoms with van der Waals surface area (Å²) in [6.07, 6.45) is 1.76. The average Bonchev–Trinajstić information content (AvgIpc) is 2.75. The number of benzene rings is 1. The minimum Gasteiger partial charge on any atom is -0.504 e. The van der Waals surface area contributed by atoms with Crippen molar-refractivity contribution in [3.05, 3.63) is 23.5 Å². The summed E-state index contributed by atoms with van der Waals surface area (Å²) in [4.78, 5) is 0. The van der Waals surface area contributed by atoms with E-state index < -0.39 is 0 Å². The molecular formula is C12H16FNO2. The van der Waals surface area contributed by atoms with Crippen molar-refractivity contribution in [2.24, 2.45) is 5.92 Å². The molecule has 0 bridgehead atoms. The van der Waals surface area contributed by atoms with Crippen LogP contribution in [0.4, 0.5) is 4.39 Å². The molecule has 0 amide bonds. The molecule has 0 aromatic heterocycles. The highest BCUT2D eigenvalue weighted by Crippen LogP contribution is 2.33. The number of phenols is 1. The SMILES string of the molecule is COc1cc(F)cc(CC2CCNC2)c1O. The van der Waals surface area contributed by atoms with E-state index in [9.17, 15) is 9.50 Å². The summed E-state index contributed by atoms with van der Waals surface area (Å²) >= 11 is 0. The third kappa shape index (κ3) is 2.27. The van der Waals surface area contributed by atoms with Gasteiger partial charge in [-0.15, -0.1) is 0 Å². The van der Waals surface area contributed by atoms with Crippen LogP contribution in [0.3, 0.4) is 0 Å². The van der Waals surface area contributed by atoms with Gasteiger partial charge in [-0.1, -0.05) is 0 Å². The largest absolute Gasteiger partial charge is 0.504 e. The van der Waals surface area contributed by atoms with Crippen LogP contribution in [0.15, 0.2) is 12.1 Å². The predicted octanol–water partition coefficient (Wildman–Crippen LogP) is 1.69. The van der Waals surface area contributed by atoms with E-state index in [1.807, 2.05) is 0 Å². The third-order valence-corrected chi connectivity index (χ3v) is 3.01. The number of hydrogen-bond donors (Lipinski definition) is 2. The Morgan fingerprint density at radius 3 is 3.00 bits per heavy atom. The summed E-state index contributed by atoms with van der Waals surface area (Å²) in [5, 5.41) is 13.1. The quantitative estimate of drug-likeness (QED) is 0.822. The maximum absolute atomic E-state index is 13.3. The summed E-state index contributed by atoms with van der Waals surface area (Å²) in [6.45, 7) is 1.93. The molecule has 1 aromatic carbocycles. The summed E-state index contributed by atoms with van der Waals surface area (Å²) in [5.41, 5.74) is 0.630. The first-order valence-corrected chi connectivity index (χ1v) is 5.47. The first kappa shape index (κ1) is 11.2. The average molecular weight is 225 g/mol. The zero-order valence-electron chi connectivity index (χ0n) is 9.29. The van der Waals surface area contributed by atoms with Gasteiger partial charge in [0.2, 0.25) is 0 Å². The van der Waals surface area contributed by atoms with Crippen LogP contribution in [0.1, 0.15) is 12.0 Å². The standard InChI is InChI=1S/C12H16FNO2/c1-16-11-6-10(13)5-9(12(11)15)4-8-2-3-14-7-8/h5-6,8,14-15H,2-4,7H2,1H3. The molecule has 88 valence electrons. The molecule has 1 aliphatic heterocycles. The van der Waals surface area contributed by atoms with Gasteiger partial charge in [0, 0.05) is 11.6 Å². The maximum Gasteiger partial charge on any atom is 0.163 e. The Morgan fingerprint density at radius 2 is 2.38 bits per heavy atom. The van der Waals surface area contributed by atoms with Gasteiger partial charge in [-0.2, -0.15) is 0 Å². The van der Waals surface area contributed by atoms with Gasteiger partial charge in [0.1, 0.15) is 5.82 Å². The van der Waals surface area contributed by atoms with Gasteiger partial charge in [0.15, 0.2) is 11.5 Å². The van der Waals surface area contributed by atoms with Crippen LogP contribution in [0.5, 0.6) is 11.5 Å². The van der Waals surface area contributed by atoms with Crippen LogP contribution < -0.4 is 10.1 Å². The van der Waals surface area contributed by atoms with E-state index in [4.69, 9.17) is 4.74 Å². The Hall–Kier alpha value is -1.29. The Morgan fingerprint density at radius 1 is 1.56 bits per heavy atom. The number of halogens is 1. The molecule has 0 aliphatic carbocycles. The van der Waals surface area contributed by atoms with Crippen molar-refractivity contribution < 1.29 is 14.2 Å². The fourth-order valence-corrected chi connectivity index (χ4v) is 2.14. The molecule has 1 aliphatic rings. The lowest BCUT2D eigenvalue weighted by atomic mass is 9.97. The first-order valence-electron chi connectivity index (χ1n) is 5.47. The second-order valence-corrected chi connectivity index (χ2v) is 4.18. The van der Waals surface area contributed by atoms with E-state index in [1.165, 1.54) is 19.2 Å². The number of methoxy groups -OCH3 is 1. The lowest BCUT2D eigenvalue weighted by molar-refractivity contribution is 0.365. The zero-order valence-corrected chi connectivity index (χ0v) is 9.29. The molecule has 0 radical (unpaired) electrons. The number of nitrogens with one attached hydrogen (secondary N) is 1. The van der Waals surface area contributed by atoms with E-state index in [1.54, 1.807) is 0 Å². The van der Waals surface area contributed by atoms with Crippen molar-refractivity contribution in [3.63, 3.8) is 0 Å². The van der Waals surface area contributed by atoms with E-state index in [-0.39, 0.29) is 17.3 Å². The van der Waals surface area contributed by atoms with E-state index in [0.29, 0.717) is 17.9 Å².